The Bertz CT molecular complexity index is 859. The van der Waals surface area contributed by atoms with Crippen molar-refractivity contribution in [2.24, 2.45) is 10.9 Å². The number of amidine groups is 1. The molecule has 1 unspecified atom stereocenters. The van der Waals surface area contributed by atoms with Gasteiger partial charge in [0.15, 0.2) is 0 Å². The third-order valence-corrected chi connectivity index (χ3v) is 5.13. The third-order valence-electron chi connectivity index (χ3n) is 5.13. The van der Waals surface area contributed by atoms with Crippen LogP contribution in [0.3, 0.4) is 0 Å². The fourth-order valence-electron chi connectivity index (χ4n) is 3.80. The molecule has 1 aromatic rings. The van der Waals surface area contributed by atoms with Crippen LogP contribution in [0, 0.1) is 5.92 Å². The SMILES string of the molecule is COc1ccc(N2CC[N+]3=C2N=C2C3C(=O)N(CC(C)C)C(=O)N2C)cc1. The molecule has 8 nitrogen and oxygen atoms in total. The first kappa shape index (κ1) is 17.5. The Labute approximate surface area is 158 Å². The zero-order valence-electron chi connectivity index (χ0n) is 16.0. The highest BCUT2D eigenvalue weighted by atomic mass is 16.5. The molecule has 1 atom stereocenters. The van der Waals surface area contributed by atoms with Crippen LogP contribution in [0.4, 0.5) is 10.5 Å². The Morgan fingerprint density at radius 3 is 2.59 bits per heavy atom. The maximum absolute atomic E-state index is 13.1. The summed E-state index contributed by atoms with van der Waals surface area (Å²) in [6.07, 6.45) is 0. The molecule has 1 aromatic carbocycles. The molecular formula is C19H24N5O3+. The van der Waals surface area contributed by atoms with E-state index in [1.807, 2.05) is 42.7 Å². The first-order valence-electron chi connectivity index (χ1n) is 9.15. The van der Waals surface area contributed by atoms with E-state index in [0.717, 1.165) is 23.9 Å². The lowest BCUT2D eigenvalue weighted by Crippen LogP contribution is -2.63. The Morgan fingerprint density at radius 2 is 1.96 bits per heavy atom. The number of aliphatic imine (C=N–C) groups is 1. The number of guanidine groups is 1. The van der Waals surface area contributed by atoms with Crippen LogP contribution < -0.4 is 9.64 Å². The Hall–Kier alpha value is -2.90. The molecule has 4 rings (SSSR count). The van der Waals surface area contributed by atoms with Crippen molar-refractivity contribution < 1.29 is 18.9 Å². The van der Waals surface area contributed by atoms with Gasteiger partial charge in [0.05, 0.1) is 13.7 Å². The molecule has 0 radical (unpaired) electrons. The number of imide groups is 1. The number of carbonyl (C=O) groups is 2. The molecule has 0 saturated carbocycles. The molecule has 1 fully saturated rings. The number of likely N-dealkylation sites (N-methyl/N-ethyl adjacent to an activating group) is 1. The number of amides is 3. The number of carbonyl (C=O) groups excluding carboxylic acids is 2. The van der Waals surface area contributed by atoms with E-state index in [1.165, 1.54) is 9.80 Å². The molecule has 0 spiro atoms. The summed E-state index contributed by atoms with van der Waals surface area (Å²) in [6, 6.07) is 6.92. The molecule has 3 aliphatic rings. The van der Waals surface area contributed by atoms with Gasteiger partial charge in [-0.2, -0.15) is 0 Å². The van der Waals surface area contributed by atoms with Crippen LogP contribution in [0.2, 0.25) is 0 Å². The van der Waals surface area contributed by atoms with Gasteiger partial charge in [-0.1, -0.05) is 18.8 Å². The van der Waals surface area contributed by atoms with E-state index in [1.54, 1.807) is 14.2 Å². The smallest absolute Gasteiger partial charge is 0.397 e. The van der Waals surface area contributed by atoms with Crippen LogP contribution in [0.1, 0.15) is 13.8 Å². The molecule has 0 bridgehead atoms. The minimum Gasteiger partial charge on any atom is -0.497 e. The van der Waals surface area contributed by atoms with E-state index < -0.39 is 6.04 Å². The zero-order valence-corrected chi connectivity index (χ0v) is 16.0. The van der Waals surface area contributed by atoms with Gasteiger partial charge >= 0.3 is 12.0 Å². The predicted molar refractivity (Wildman–Crippen MR) is 101 cm³/mol. The average molecular weight is 370 g/mol. The van der Waals surface area contributed by atoms with E-state index in [2.05, 4.69) is 9.89 Å². The number of fused-ring (bicyclic) bond motifs is 2. The lowest BCUT2D eigenvalue weighted by molar-refractivity contribution is -0.525. The summed E-state index contributed by atoms with van der Waals surface area (Å²) in [5, 5.41) is 0. The Morgan fingerprint density at radius 1 is 1.26 bits per heavy atom. The van der Waals surface area contributed by atoms with E-state index in [4.69, 9.17) is 4.74 Å². The third kappa shape index (κ3) is 2.67. The van der Waals surface area contributed by atoms with Crippen LogP contribution in [0.25, 0.3) is 0 Å². The highest BCUT2D eigenvalue weighted by Crippen LogP contribution is 2.28. The van der Waals surface area contributed by atoms with Gasteiger partial charge in [-0.25, -0.2) is 14.3 Å². The maximum atomic E-state index is 13.1. The summed E-state index contributed by atoms with van der Waals surface area (Å²) in [5.41, 5.74) is 0.983. The van der Waals surface area contributed by atoms with Crippen molar-refractivity contribution in [2.75, 3.05) is 38.7 Å². The fourth-order valence-corrected chi connectivity index (χ4v) is 3.80. The minimum atomic E-state index is -0.523. The number of anilines is 1. The Kier molecular flexibility index (Phi) is 4.13. The average Bonchev–Trinajstić information content (AvgIpc) is 3.22. The molecule has 0 aliphatic carbocycles. The number of rotatable bonds is 4. The van der Waals surface area contributed by atoms with Crippen LogP contribution in [-0.2, 0) is 4.79 Å². The molecule has 8 heteroatoms. The lowest BCUT2D eigenvalue weighted by atomic mass is 10.1. The van der Waals surface area contributed by atoms with Crippen molar-refractivity contribution >= 4 is 29.4 Å². The molecule has 27 heavy (non-hydrogen) atoms. The van der Waals surface area contributed by atoms with Gasteiger partial charge in [0, 0.05) is 13.6 Å². The summed E-state index contributed by atoms with van der Waals surface area (Å²) in [5.74, 6) is 2.05. The van der Waals surface area contributed by atoms with E-state index in [9.17, 15) is 9.59 Å². The minimum absolute atomic E-state index is 0.183. The van der Waals surface area contributed by atoms with E-state index in [-0.39, 0.29) is 17.9 Å². The van der Waals surface area contributed by atoms with Crippen molar-refractivity contribution in [3.05, 3.63) is 24.3 Å². The number of benzene rings is 1. The topological polar surface area (TPSA) is 68.5 Å². The number of ether oxygens (including phenoxy) is 1. The molecule has 0 aromatic heterocycles. The highest BCUT2D eigenvalue weighted by molar-refractivity contribution is 6.24. The maximum Gasteiger partial charge on any atom is 0.397 e. The van der Waals surface area contributed by atoms with Gasteiger partial charge in [-0.05, 0) is 30.2 Å². The molecule has 3 amide bonds. The quantitative estimate of drug-likeness (QED) is 0.748. The second-order valence-electron chi connectivity index (χ2n) is 7.40. The largest absolute Gasteiger partial charge is 0.497 e. The number of hydrogen-bond donors (Lipinski definition) is 0. The highest BCUT2D eigenvalue weighted by Gasteiger charge is 2.55. The second kappa shape index (κ2) is 6.37. The van der Waals surface area contributed by atoms with Crippen molar-refractivity contribution in [2.45, 2.75) is 19.9 Å². The van der Waals surface area contributed by atoms with Crippen LogP contribution in [0.15, 0.2) is 29.3 Å². The first-order valence-corrected chi connectivity index (χ1v) is 9.15. The van der Waals surface area contributed by atoms with Gasteiger partial charge in [0.25, 0.3) is 5.91 Å². The molecule has 0 N–H and O–H groups in total. The number of hydrogen-bond acceptors (Lipinski definition) is 5. The van der Waals surface area contributed by atoms with E-state index in [0.29, 0.717) is 18.9 Å². The van der Waals surface area contributed by atoms with Gasteiger partial charge in [0.1, 0.15) is 18.0 Å². The number of urea groups is 1. The number of nitrogens with zero attached hydrogens (tertiary/aromatic N) is 5. The lowest BCUT2D eigenvalue weighted by Gasteiger charge is -2.34. The van der Waals surface area contributed by atoms with Gasteiger partial charge in [-0.15, -0.1) is 0 Å². The standard InChI is InChI=1S/C19H24N5O3/c1-12(2)11-24-17(25)15-16(21(3)19(24)26)20-18-22(9-10-23(15)18)13-5-7-14(27-4)8-6-13/h5-8,12,15H,9-11H2,1-4H3/q+1. The van der Waals surface area contributed by atoms with Crippen molar-refractivity contribution in [3.8, 4) is 5.75 Å². The van der Waals surface area contributed by atoms with Crippen LogP contribution >= 0.6 is 0 Å². The van der Waals surface area contributed by atoms with Crippen molar-refractivity contribution in [1.29, 1.82) is 0 Å². The summed E-state index contributed by atoms with van der Waals surface area (Å²) in [6.45, 7) is 5.83. The molecule has 1 saturated heterocycles. The van der Waals surface area contributed by atoms with Crippen LogP contribution in [-0.4, -0.2) is 77.9 Å². The van der Waals surface area contributed by atoms with Gasteiger partial charge in [0.2, 0.25) is 11.9 Å². The molecule has 3 aliphatic heterocycles. The first-order chi connectivity index (χ1) is 12.9. The number of methoxy groups -OCH3 is 1. The summed E-state index contributed by atoms with van der Waals surface area (Å²) in [7, 11) is 3.32. The van der Waals surface area contributed by atoms with Crippen molar-refractivity contribution in [1.82, 2.24) is 9.80 Å². The Balaban J connectivity index is 1.68. The molecule has 3 heterocycles. The monoisotopic (exact) mass is 370 g/mol. The zero-order chi connectivity index (χ0) is 19.3. The second-order valence-corrected chi connectivity index (χ2v) is 7.40. The summed E-state index contributed by atoms with van der Waals surface area (Å²) in [4.78, 5) is 35.3. The van der Waals surface area contributed by atoms with Gasteiger partial charge < -0.3 is 4.74 Å². The fraction of sp³-hybridized carbons (Fsp3) is 0.474. The molecule has 142 valence electrons. The molecular weight excluding hydrogens is 346 g/mol. The summed E-state index contributed by atoms with van der Waals surface area (Å²) < 4.78 is 7.22. The normalized spacial score (nSPS) is 21.9. The van der Waals surface area contributed by atoms with E-state index >= 15 is 0 Å². The summed E-state index contributed by atoms with van der Waals surface area (Å²) >= 11 is 0. The predicted octanol–water partition coefficient (Wildman–Crippen LogP) is 1.21. The van der Waals surface area contributed by atoms with Gasteiger partial charge in [-0.3, -0.25) is 14.6 Å². The van der Waals surface area contributed by atoms with Crippen LogP contribution in [0.5, 0.6) is 5.75 Å². The van der Waals surface area contributed by atoms with Crippen molar-refractivity contribution in [3.63, 3.8) is 0 Å².